The van der Waals surface area contributed by atoms with Crippen LogP contribution in [0, 0.1) is 18.8 Å². The van der Waals surface area contributed by atoms with Crippen LogP contribution < -0.4 is 10.6 Å². The fourth-order valence-corrected chi connectivity index (χ4v) is 3.60. The lowest BCUT2D eigenvalue weighted by Crippen LogP contribution is -2.25. The quantitative estimate of drug-likeness (QED) is 0.902. The number of hydrogen-bond acceptors (Lipinski definition) is 2. The van der Waals surface area contributed by atoms with E-state index in [0.717, 1.165) is 18.3 Å². The summed E-state index contributed by atoms with van der Waals surface area (Å²) >= 11 is 0. The van der Waals surface area contributed by atoms with Crippen LogP contribution in [0.2, 0.25) is 0 Å². The van der Waals surface area contributed by atoms with Crippen molar-refractivity contribution in [2.24, 2.45) is 17.6 Å². The molecule has 1 saturated heterocycles. The summed E-state index contributed by atoms with van der Waals surface area (Å²) in [4.78, 5) is 2.59. The summed E-state index contributed by atoms with van der Waals surface area (Å²) in [7, 11) is 0. The molecule has 0 radical (unpaired) electrons. The number of benzene rings is 1. The van der Waals surface area contributed by atoms with Crippen LogP contribution in [0.15, 0.2) is 18.2 Å². The van der Waals surface area contributed by atoms with Crippen molar-refractivity contribution in [3.05, 3.63) is 29.3 Å². The first-order chi connectivity index (χ1) is 9.97. The van der Waals surface area contributed by atoms with Crippen molar-refractivity contribution in [2.75, 3.05) is 18.0 Å². The van der Waals surface area contributed by atoms with E-state index < -0.39 is 0 Å². The predicted molar refractivity (Wildman–Crippen MR) is 92.9 cm³/mol. The molecule has 2 nitrogen and oxygen atoms in total. The third-order valence-corrected chi connectivity index (χ3v) is 4.88. The molecule has 0 amide bonds. The molecule has 2 N–H and O–H groups in total. The Morgan fingerprint density at radius 1 is 1.19 bits per heavy atom. The number of nitrogens with zero attached hydrogens (tertiary/aromatic N) is 1. The van der Waals surface area contributed by atoms with Gasteiger partial charge in [0.2, 0.25) is 0 Å². The summed E-state index contributed by atoms with van der Waals surface area (Å²) in [6, 6.07) is 7.13. The number of nitrogens with two attached hydrogens (primary N) is 1. The fraction of sp³-hybridized carbons (Fsp3) is 0.684. The van der Waals surface area contributed by atoms with Gasteiger partial charge in [-0.05, 0) is 68.6 Å². The van der Waals surface area contributed by atoms with Crippen LogP contribution in [0.3, 0.4) is 0 Å². The Morgan fingerprint density at radius 2 is 1.95 bits per heavy atom. The van der Waals surface area contributed by atoms with Crippen LogP contribution in [0.1, 0.15) is 51.2 Å². The summed E-state index contributed by atoms with van der Waals surface area (Å²) in [5.41, 5.74) is 10.1. The van der Waals surface area contributed by atoms with Crippen LogP contribution in [-0.2, 0) is 6.42 Å². The van der Waals surface area contributed by atoms with Crippen molar-refractivity contribution in [3.8, 4) is 0 Å². The zero-order chi connectivity index (χ0) is 15.4. The summed E-state index contributed by atoms with van der Waals surface area (Å²) in [5, 5.41) is 0. The van der Waals surface area contributed by atoms with E-state index in [-0.39, 0.29) is 6.04 Å². The molecule has 21 heavy (non-hydrogen) atoms. The number of rotatable bonds is 4. The van der Waals surface area contributed by atoms with Crippen molar-refractivity contribution in [2.45, 2.75) is 59.4 Å². The van der Waals surface area contributed by atoms with Crippen molar-refractivity contribution < 1.29 is 0 Å². The average molecular weight is 288 g/mol. The zero-order valence-electron chi connectivity index (χ0n) is 14.2. The Labute approximate surface area is 130 Å². The predicted octanol–water partition coefficient (Wildman–Crippen LogP) is 4.15. The molecule has 1 aromatic carbocycles. The lowest BCUT2D eigenvalue weighted by atomic mass is 9.89. The second kappa shape index (κ2) is 7.31. The molecule has 1 aromatic rings. The van der Waals surface area contributed by atoms with Gasteiger partial charge in [0, 0.05) is 24.8 Å². The highest BCUT2D eigenvalue weighted by molar-refractivity contribution is 5.54. The Kier molecular flexibility index (Phi) is 5.69. The second-order valence-electron chi connectivity index (χ2n) is 7.22. The Balaban J connectivity index is 2.07. The third kappa shape index (κ3) is 4.47. The minimum Gasteiger partial charge on any atom is -0.371 e. The molecule has 1 aliphatic heterocycles. The smallest absolute Gasteiger partial charge is 0.0396 e. The molecule has 0 spiro atoms. The average Bonchev–Trinajstić information content (AvgIpc) is 2.64. The molecule has 2 atom stereocenters. The van der Waals surface area contributed by atoms with E-state index in [0.29, 0.717) is 0 Å². The van der Waals surface area contributed by atoms with Gasteiger partial charge in [0.25, 0.3) is 0 Å². The van der Waals surface area contributed by atoms with Crippen molar-refractivity contribution in [3.63, 3.8) is 0 Å². The Morgan fingerprint density at radius 3 is 2.57 bits per heavy atom. The highest BCUT2D eigenvalue weighted by Gasteiger charge is 2.20. The van der Waals surface area contributed by atoms with Gasteiger partial charge in [0.05, 0.1) is 0 Å². The highest BCUT2D eigenvalue weighted by Crippen LogP contribution is 2.29. The van der Waals surface area contributed by atoms with Crippen LogP contribution in [-0.4, -0.2) is 19.1 Å². The van der Waals surface area contributed by atoms with Crippen LogP contribution >= 0.6 is 0 Å². The van der Waals surface area contributed by atoms with E-state index in [9.17, 15) is 0 Å². The van der Waals surface area contributed by atoms with Gasteiger partial charge in [-0.25, -0.2) is 0 Å². The van der Waals surface area contributed by atoms with Gasteiger partial charge in [-0.2, -0.15) is 0 Å². The van der Waals surface area contributed by atoms with E-state index in [4.69, 9.17) is 5.73 Å². The summed E-state index contributed by atoms with van der Waals surface area (Å²) in [6.45, 7) is 11.5. The lowest BCUT2D eigenvalue weighted by molar-refractivity contribution is 0.351. The largest absolute Gasteiger partial charge is 0.371 e. The second-order valence-corrected chi connectivity index (χ2v) is 7.22. The maximum atomic E-state index is 5.91. The molecule has 1 aliphatic rings. The Hall–Kier alpha value is -1.02. The molecule has 118 valence electrons. The molecular formula is C19H32N2. The number of aryl methyl sites for hydroxylation is 1. The van der Waals surface area contributed by atoms with Gasteiger partial charge in [0.1, 0.15) is 0 Å². The fourth-order valence-electron chi connectivity index (χ4n) is 3.60. The monoisotopic (exact) mass is 288 g/mol. The maximum Gasteiger partial charge on any atom is 0.0396 e. The summed E-state index contributed by atoms with van der Waals surface area (Å²) in [6.07, 6.45) is 5.01. The van der Waals surface area contributed by atoms with Gasteiger partial charge < -0.3 is 10.6 Å². The van der Waals surface area contributed by atoms with Crippen molar-refractivity contribution >= 4 is 5.69 Å². The van der Waals surface area contributed by atoms with Crippen molar-refractivity contribution in [1.29, 1.82) is 0 Å². The highest BCUT2D eigenvalue weighted by atomic mass is 15.1. The van der Waals surface area contributed by atoms with E-state index in [2.05, 4.69) is 50.8 Å². The summed E-state index contributed by atoms with van der Waals surface area (Å²) in [5.74, 6) is 1.71. The third-order valence-electron chi connectivity index (χ3n) is 4.88. The van der Waals surface area contributed by atoms with E-state index in [1.807, 2.05) is 0 Å². The molecule has 0 saturated carbocycles. The summed E-state index contributed by atoms with van der Waals surface area (Å²) < 4.78 is 0. The molecule has 1 heterocycles. The van der Waals surface area contributed by atoms with Gasteiger partial charge in [-0.1, -0.05) is 26.0 Å². The number of hydrogen-bond donors (Lipinski definition) is 1. The molecular weight excluding hydrogens is 256 g/mol. The first-order valence-electron chi connectivity index (χ1n) is 8.57. The first kappa shape index (κ1) is 16.4. The van der Waals surface area contributed by atoms with Crippen LogP contribution in [0.4, 0.5) is 5.69 Å². The van der Waals surface area contributed by atoms with E-state index >= 15 is 0 Å². The van der Waals surface area contributed by atoms with Crippen LogP contribution in [0.5, 0.6) is 0 Å². The molecule has 2 unspecified atom stereocenters. The minimum absolute atomic E-state index is 0.236. The topological polar surface area (TPSA) is 29.3 Å². The molecule has 1 fully saturated rings. The van der Waals surface area contributed by atoms with Gasteiger partial charge in [-0.15, -0.1) is 0 Å². The van der Waals surface area contributed by atoms with Gasteiger partial charge >= 0.3 is 0 Å². The molecule has 0 aromatic heterocycles. The normalized spacial score (nSPS) is 21.4. The zero-order valence-corrected chi connectivity index (χ0v) is 14.2. The van der Waals surface area contributed by atoms with Crippen LogP contribution in [0.25, 0.3) is 0 Å². The standard InChI is InChI=1S/C19H32N2/c1-14(2)18-6-5-10-21(11-9-18)19-8-7-17(12-15(19)3)13-16(4)20/h7-8,12,14,16,18H,5-6,9-11,13,20H2,1-4H3. The Bertz CT molecular complexity index is 451. The van der Waals surface area contributed by atoms with Gasteiger partial charge in [0.15, 0.2) is 0 Å². The first-order valence-corrected chi connectivity index (χ1v) is 8.57. The molecule has 0 bridgehead atoms. The van der Waals surface area contributed by atoms with E-state index in [1.165, 1.54) is 49.2 Å². The van der Waals surface area contributed by atoms with Crippen molar-refractivity contribution in [1.82, 2.24) is 0 Å². The lowest BCUT2D eigenvalue weighted by Gasteiger charge is -2.26. The minimum atomic E-state index is 0.236. The molecule has 0 aliphatic carbocycles. The maximum absolute atomic E-state index is 5.91. The molecule has 2 heteroatoms. The van der Waals surface area contributed by atoms with E-state index in [1.54, 1.807) is 0 Å². The SMILES string of the molecule is Cc1cc(CC(C)N)ccc1N1CCCC(C(C)C)CC1. The van der Waals surface area contributed by atoms with Gasteiger partial charge in [-0.3, -0.25) is 0 Å². The molecule has 2 rings (SSSR count). The number of anilines is 1.